The summed E-state index contributed by atoms with van der Waals surface area (Å²) in [4.78, 5) is 32.2. The van der Waals surface area contributed by atoms with Crippen LogP contribution >= 0.6 is 0 Å². The number of primary amides is 1. The average molecular weight is 691 g/mol. The summed E-state index contributed by atoms with van der Waals surface area (Å²) in [6.07, 6.45) is 4.32. The van der Waals surface area contributed by atoms with Crippen LogP contribution in [0.25, 0.3) is 11.4 Å². The Morgan fingerprint density at radius 1 is 0.940 bits per heavy atom. The van der Waals surface area contributed by atoms with E-state index in [1.807, 2.05) is 32.9 Å². The Bertz CT molecular complexity index is 1720. The second kappa shape index (κ2) is 18.1. The van der Waals surface area contributed by atoms with Gasteiger partial charge in [-0.1, -0.05) is 45.0 Å². The summed E-state index contributed by atoms with van der Waals surface area (Å²) in [7, 11) is 0. The number of aliphatic hydroxyl groups excluding tert-OH is 1. The molecule has 0 aliphatic heterocycles. The largest absolute Gasteiger partial charge is 0.386 e. The number of rotatable bonds is 19. The molecule has 3 aromatic carbocycles. The lowest BCUT2D eigenvalue weighted by atomic mass is 9.93. The molecule has 268 valence electrons. The van der Waals surface area contributed by atoms with Gasteiger partial charge < -0.3 is 25.5 Å². The molecule has 4 N–H and O–H groups in total. The number of nitrogens with zero attached hydrogens (tertiary/aromatic N) is 3. The highest BCUT2D eigenvalue weighted by molar-refractivity contribution is 5.98. The number of nitrogens with one attached hydrogen (secondary N) is 1. The van der Waals surface area contributed by atoms with Crippen LogP contribution in [0.1, 0.15) is 77.9 Å². The van der Waals surface area contributed by atoms with Crippen molar-refractivity contribution in [3.05, 3.63) is 113 Å². The Morgan fingerprint density at radius 2 is 1.62 bits per heavy atom. The minimum Gasteiger partial charge on any atom is -0.386 e. The van der Waals surface area contributed by atoms with E-state index in [2.05, 4.69) is 29.4 Å². The molecule has 0 radical (unpaired) electrons. The second-order valence-corrected chi connectivity index (χ2v) is 12.7. The van der Waals surface area contributed by atoms with Crippen molar-refractivity contribution < 1.29 is 32.7 Å². The van der Waals surface area contributed by atoms with E-state index in [1.54, 1.807) is 29.1 Å². The van der Waals surface area contributed by atoms with Crippen molar-refractivity contribution in [3.63, 3.8) is 0 Å². The molecule has 0 aliphatic carbocycles. The molecule has 0 saturated heterocycles. The van der Waals surface area contributed by atoms with E-state index in [0.717, 1.165) is 18.1 Å². The lowest BCUT2D eigenvalue weighted by molar-refractivity contribution is -0.878. The number of quaternary nitrogens is 1. The highest BCUT2D eigenvalue weighted by atomic mass is 19.1. The van der Waals surface area contributed by atoms with Crippen LogP contribution in [0.15, 0.2) is 73.1 Å². The van der Waals surface area contributed by atoms with Gasteiger partial charge in [0.05, 0.1) is 18.7 Å². The molecule has 4 rings (SSSR count). The van der Waals surface area contributed by atoms with Gasteiger partial charge in [0.2, 0.25) is 5.91 Å². The van der Waals surface area contributed by atoms with Gasteiger partial charge in [-0.05, 0) is 73.2 Å². The van der Waals surface area contributed by atoms with E-state index in [4.69, 9.17) is 10.5 Å². The SMILES string of the molecule is CCC[N+](CCC)(C(=O)c1cc(C(N)=O)cc(-c2nccn2COCC)c1)[C@@H](Cc1cc(F)cc(F)c1)[C@H](O)CNCc1cccc(CC)c1. The number of hydrogen-bond acceptors (Lipinski definition) is 6. The predicted molar refractivity (Wildman–Crippen MR) is 190 cm³/mol. The van der Waals surface area contributed by atoms with Gasteiger partial charge >= 0.3 is 5.91 Å². The number of hydrogen-bond donors (Lipinski definition) is 3. The van der Waals surface area contributed by atoms with Crippen molar-refractivity contribution >= 4 is 11.8 Å². The standard InChI is InChI=1S/C39H49F2N5O4/c1-5-14-46(15-6-2,39(49)32-21-30(37(42)48)20-31(22-32)38-44-12-13-45(38)26-50-8-4)35(19-29-17-33(40)23-34(41)18-29)36(47)25-43-24-28-11-9-10-27(7-3)16-28/h9-13,16-18,20-23,35-36,43,47H,5-8,14-15,19,24-26H2,1-4H3,(H-,42,48)/p+1/t35-,36+/m0/s1. The Morgan fingerprint density at radius 3 is 2.26 bits per heavy atom. The van der Waals surface area contributed by atoms with Crippen LogP contribution in [0.2, 0.25) is 0 Å². The number of benzene rings is 3. The fourth-order valence-electron chi connectivity index (χ4n) is 6.81. The minimum absolute atomic E-state index is 0.0235. The zero-order chi connectivity index (χ0) is 36.3. The Balaban J connectivity index is 1.81. The normalized spacial score (nSPS) is 12.9. The first kappa shape index (κ1) is 38.5. The molecule has 2 amide bonds. The van der Waals surface area contributed by atoms with Gasteiger partial charge in [-0.3, -0.25) is 9.28 Å². The molecule has 0 spiro atoms. The van der Waals surface area contributed by atoms with E-state index in [9.17, 15) is 18.7 Å². The van der Waals surface area contributed by atoms with Gasteiger partial charge in [0.25, 0.3) is 0 Å². The first-order valence-electron chi connectivity index (χ1n) is 17.4. The van der Waals surface area contributed by atoms with Crippen molar-refractivity contribution in [2.24, 2.45) is 5.73 Å². The van der Waals surface area contributed by atoms with Crippen LogP contribution in [-0.4, -0.2) is 69.3 Å². The van der Waals surface area contributed by atoms with Crippen LogP contribution in [0.5, 0.6) is 0 Å². The van der Waals surface area contributed by atoms with Gasteiger partial charge in [-0.15, -0.1) is 0 Å². The molecular formula is C39H50F2N5O4+. The Hall–Kier alpha value is -4.29. The molecule has 9 nitrogen and oxygen atoms in total. The maximum absolute atomic E-state index is 15.1. The summed E-state index contributed by atoms with van der Waals surface area (Å²) in [5.41, 5.74) is 9.21. The van der Waals surface area contributed by atoms with Crippen molar-refractivity contribution in [1.29, 1.82) is 0 Å². The third-order valence-corrected chi connectivity index (χ3v) is 9.05. The number of ether oxygens (including phenoxy) is 1. The van der Waals surface area contributed by atoms with E-state index in [-0.39, 0.29) is 41.2 Å². The molecule has 11 heteroatoms. The number of imidazole rings is 1. The maximum Gasteiger partial charge on any atom is 0.346 e. The molecular weight excluding hydrogens is 640 g/mol. The van der Waals surface area contributed by atoms with Gasteiger partial charge in [-0.25, -0.2) is 18.6 Å². The fourth-order valence-corrected chi connectivity index (χ4v) is 6.81. The summed E-state index contributed by atoms with van der Waals surface area (Å²) in [5.74, 6) is -2.03. The molecule has 0 saturated carbocycles. The van der Waals surface area contributed by atoms with Crippen LogP contribution in [0, 0.1) is 11.6 Å². The molecule has 0 unspecified atom stereocenters. The zero-order valence-corrected chi connectivity index (χ0v) is 29.5. The molecule has 0 bridgehead atoms. The highest BCUT2D eigenvalue weighted by Gasteiger charge is 2.47. The molecule has 1 aromatic heterocycles. The van der Waals surface area contributed by atoms with Crippen molar-refractivity contribution in [1.82, 2.24) is 14.9 Å². The van der Waals surface area contributed by atoms with Gasteiger partial charge in [0.15, 0.2) is 0 Å². The first-order chi connectivity index (χ1) is 24.0. The average Bonchev–Trinajstić information content (AvgIpc) is 3.57. The zero-order valence-electron chi connectivity index (χ0n) is 29.5. The smallest absolute Gasteiger partial charge is 0.346 e. The topological polar surface area (TPSA) is 119 Å². The van der Waals surface area contributed by atoms with E-state index in [1.165, 1.54) is 23.8 Å². The molecule has 0 fully saturated rings. The summed E-state index contributed by atoms with van der Waals surface area (Å²) in [5, 5.41) is 15.4. The third kappa shape index (κ3) is 9.48. The second-order valence-electron chi connectivity index (χ2n) is 12.7. The molecule has 2 atom stereocenters. The van der Waals surface area contributed by atoms with Crippen LogP contribution < -0.4 is 11.1 Å². The maximum atomic E-state index is 15.1. The first-order valence-corrected chi connectivity index (χ1v) is 17.4. The third-order valence-electron chi connectivity index (χ3n) is 9.05. The monoisotopic (exact) mass is 690 g/mol. The Kier molecular flexibility index (Phi) is 13.9. The molecule has 4 aromatic rings. The van der Waals surface area contributed by atoms with E-state index < -0.39 is 29.7 Å². The highest BCUT2D eigenvalue weighted by Crippen LogP contribution is 2.30. The number of aliphatic hydroxyl groups is 1. The molecule has 0 aliphatic rings. The number of carbonyl (C=O) groups is 2. The summed E-state index contributed by atoms with van der Waals surface area (Å²) in [6, 6.07) is 15.4. The Labute approximate surface area is 293 Å². The van der Waals surface area contributed by atoms with Crippen LogP contribution in [0.4, 0.5) is 8.78 Å². The number of amides is 2. The minimum atomic E-state index is -1.10. The van der Waals surface area contributed by atoms with Crippen molar-refractivity contribution in [2.45, 2.75) is 78.8 Å². The lowest BCUT2D eigenvalue weighted by Gasteiger charge is -2.44. The van der Waals surface area contributed by atoms with Gasteiger partial charge in [0.1, 0.15) is 36.3 Å². The van der Waals surface area contributed by atoms with E-state index >= 15 is 4.79 Å². The van der Waals surface area contributed by atoms with Crippen molar-refractivity contribution in [3.8, 4) is 11.4 Å². The van der Waals surface area contributed by atoms with Crippen LogP contribution in [0.3, 0.4) is 0 Å². The number of carbonyl (C=O) groups excluding carboxylic acids is 2. The summed E-state index contributed by atoms with van der Waals surface area (Å²) < 4.78 is 36.2. The summed E-state index contributed by atoms with van der Waals surface area (Å²) >= 11 is 0. The van der Waals surface area contributed by atoms with Gasteiger partial charge in [0, 0.05) is 55.7 Å². The van der Waals surface area contributed by atoms with Gasteiger partial charge in [-0.2, -0.15) is 0 Å². The number of aryl methyl sites for hydroxylation is 1. The molecule has 50 heavy (non-hydrogen) atoms. The molecule has 1 heterocycles. The summed E-state index contributed by atoms with van der Waals surface area (Å²) in [6.45, 7) is 9.85. The number of halogens is 2. The number of nitrogens with two attached hydrogens (primary N) is 1. The van der Waals surface area contributed by atoms with Crippen LogP contribution in [-0.2, 0) is 30.9 Å². The quantitative estimate of drug-likeness (QED) is 0.104. The van der Waals surface area contributed by atoms with Crippen molar-refractivity contribution in [2.75, 3.05) is 26.2 Å². The predicted octanol–water partition coefficient (Wildman–Crippen LogP) is 6.02. The fraction of sp³-hybridized carbons (Fsp3) is 0.410. The van der Waals surface area contributed by atoms with E-state index in [0.29, 0.717) is 56.0 Å². The lowest BCUT2D eigenvalue weighted by Crippen LogP contribution is -2.65. The number of aromatic nitrogens is 2.